The van der Waals surface area contributed by atoms with Crippen molar-refractivity contribution >= 4 is 23.2 Å². The summed E-state index contributed by atoms with van der Waals surface area (Å²) in [6, 6.07) is 5.90. The van der Waals surface area contributed by atoms with Crippen molar-refractivity contribution in [2.24, 2.45) is 0 Å². The van der Waals surface area contributed by atoms with Gasteiger partial charge in [-0.25, -0.2) is 0 Å². The second-order valence-corrected chi connectivity index (χ2v) is 4.56. The van der Waals surface area contributed by atoms with Gasteiger partial charge in [-0.15, -0.1) is 0 Å². The topological polar surface area (TPSA) is 12.0 Å². The predicted octanol–water partition coefficient (Wildman–Crippen LogP) is 3.59. The summed E-state index contributed by atoms with van der Waals surface area (Å²) in [4.78, 5) is 0. The van der Waals surface area contributed by atoms with E-state index >= 15 is 0 Å². The van der Waals surface area contributed by atoms with Crippen molar-refractivity contribution < 1.29 is 0 Å². The third-order valence-electron chi connectivity index (χ3n) is 3.09. The van der Waals surface area contributed by atoms with Crippen LogP contribution in [-0.4, -0.2) is 6.54 Å². The molecule has 1 aliphatic rings. The summed E-state index contributed by atoms with van der Waals surface area (Å²) >= 11 is 11.9. The second kappa shape index (κ2) is 3.73. The van der Waals surface area contributed by atoms with E-state index in [-0.39, 0.29) is 5.54 Å². The number of rotatable bonds is 2. The lowest BCUT2D eigenvalue weighted by atomic mass is 9.79. The van der Waals surface area contributed by atoms with Gasteiger partial charge in [0.2, 0.25) is 0 Å². The molecular formula is C11H13Cl2N. The van der Waals surface area contributed by atoms with Crippen molar-refractivity contribution in [2.45, 2.75) is 25.3 Å². The molecule has 1 heterocycles. The van der Waals surface area contributed by atoms with E-state index in [1.165, 1.54) is 12.0 Å². The number of hydrogen-bond donors (Lipinski definition) is 1. The lowest BCUT2D eigenvalue weighted by Crippen LogP contribution is -2.53. The zero-order valence-corrected chi connectivity index (χ0v) is 9.62. The minimum absolute atomic E-state index is 0.147. The van der Waals surface area contributed by atoms with Crippen molar-refractivity contribution in [3.63, 3.8) is 0 Å². The standard InChI is InChI=1S/C11H13Cl2N/c1-2-11(5-6-14-11)8-3-4-9(12)10(13)7-8/h3-4,7,14H,2,5-6H2,1H3. The van der Waals surface area contributed by atoms with Crippen LogP contribution in [0.4, 0.5) is 0 Å². The minimum atomic E-state index is 0.147. The molecular weight excluding hydrogens is 217 g/mol. The molecule has 1 aromatic rings. The Morgan fingerprint density at radius 1 is 1.36 bits per heavy atom. The molecule has 1 aliphatic heterocycles. The molecule has 0 saturated carbocycles. The normalized spacial score (nSPS) is 25.9. The summed E-state index contributed by atoms with van der Waals surface area (Å²) in [7, 11) is 0. The van der Waals surface area contributed by atoms with Crippen LogP contribution in [0, 0.1) is 0 Å². The molecule has 0 radical (unpaired) electrons. The van der Waals surface area contributed by atoms with Crippen molar-refractivity contribution in [2.75, 3.05) is 6.54 Å². The van der Waals surface area contributed by atoms with Crippen LogP contribution in [0.1, 0.15) is 25.3 Å². The van der Waals surface area contributed by atoms with Crippen LogP contribution in [0.15, 0.2) is 18.2 Å². The minimum Gasteiger partial charge on any atom is -0.307 e. The molecule has 1 N–H and O–H groups in total. The number of benzene rings is 1. The lowest BCUT2D eigenvalue weighted by Gasteiger charge is -2.43. The maximum Gasteiger partial charge on any atom is 0.0595 e. The molecule has 1 fully saturated rings. The van der Waals surface area contributed by atoms with Gasteiger partial charge in [0.1, 0.15) is 0 Å². The second-order valence-electron chi connectivity index (χ2n) is 3.74. The molecule has 0 aliphatic carbocycles. The lowest BCUT2D eigenvalue weighted by molar-refractivity contribution is 0.201. The fourth-order valence-electron chi connectivity index (χ4n) is 1.97. The van der Waals surface area contributed by atoms with Crippen molar-refractivity contribution in [1.82, 2.24) is 5.32 Å². The molecule has 1 saturated heterocycles. The molecule has 0 spiro atoms. The van der Waals surface area contributed by atoms with Crippen molar-refractivity contribution in [3.05, 3.63) is 33.8 Å². The fraction of sp³-hybridized carbons (Fsp3) is 0.455. The summed E-state index contributed by atoms with van der Waals surface area (Å²) in [5.74, 6) is 0. The predicted molar refractivity (Wildman–Crippen MR) is 61.1 cm³/mol. The molecule has 0 aromatic heterocycles. The Balaban J connectivity index is 2.36. The summed E-state index contributed by atoms with van der Waals surface area (Å²) < 4.78 is 0. The Hall–Kier alpha value is -0.240. The quantitative estimate of drug-likeness (QED) is 0.818. The highest BCUT2D eigenvalue weighted by Crippen LogP contribution is 2.36. The Labute approximate surface area is 94.4 Å². The monoisotopic (exact) mass is 229 g/mol. The van der Waals surface area contributed by atoms with Gasteiger partial charge >= 0.3 is 0 Å². The molecule has 1 atom stereocenters. The van der Waals surface area contributed by atoms with Gasteiger partial charge in [-0.3, -0.25) is 0 Å². The van der Waals surface area contributed by atoms with Gasteiger partial charge in [-0.05, 0) is 37.1 Å². The number of halogens is 2. The Kier molecular flexibility index (Phi) is 2.74. The van der Waals surface area contributed by atoms with Gasteiger partial charge < -0.3 is 5.32 Å². The van der Waals surface area contributed by atoms with Gasteiger partial charge in [0.25, 0.3) is 0 Å². The van der Waals surface area contributed by atoms with E-state index in [0.29, 0.717) is 10.0 Å². The maximum atomic E-state index is 6.00. The first-order chi connectivity index (χ1) is 6.68. The van der Waals surface area contributed by atoms with Crippen LogP contribution in [0.2, 0.25) is 10.0 Å². The van der Waals surface area contributed by atoms with Crippen molar-refractivity contribution in [3.8, 4) is 0 Å². The highest BCUT2D eigenvalue weighted by atomic mass is 35.5. The van der Waals surface area contributed by atoms with Crippen LogP contribution in [-0.2, 0) is 5.54 Å². The Morgan fingerprint density at radius 2 is 2.07 bits per heavy atom. The van der Waals surface area contributed by atoms with Gasteiger partial charge in [0.05, 0.1) is 10.0 Å². The van der Waals surface area contributed by atoms with Crippen LogP contribution in [0.25, 0.3) is 0 Å². The van der Waals surface area contributed by atoms with E-state index in [1.807, 2.05) is 12.1 Å². The highest BCUT2D eigenvalue weighted by molar-refractivity contribution is 6.42. The average Bonchev–Trinajstić information content (AvgIpc) is 2.10. The first-order valence-electron chi connectivity index (χ1n) is 4.88. The average molecular weight is 230 g/mol. The Morgan fingerprint density at radius 3 is 2.50 bits per heavy atom. The summed E-state index contributed by atoms with van der Waals surface area (Å²) in [6.07, 6.45) is 2.27. The van der Waals surface area contributed by atoms with E-state index in [4.69, 9.17) is 23.2 Å². The molecule has 0 bridgehead atoms. The van der Waals surface area contributed by atoms with Crippen LogP contribution in [0.5, 0.6) is 0 Å². The van der Waals surface area contributed by atoms with Gasteiger partial charge in [0, 0.05) is 5.54 Å². The van der Waals surface area contributed by atoms with E-state index in [1.54, 1.807) is 0 Å². The smallest absolute Gasteiger partial charge is 0.0595 e. The number of nitrogens with one attached hydrogen (secondary N) is 1. The van der Waals surface area contributed by atoms with Crippen molar-refractivity contribution in [1.29, 1.82) is 0 Å². The molecule has 1 nitrogen and oxygen atoms in total. The third kappa shape index (κ3) is 1.54. The zero-order valence-electron chi connectivity index (χ0n) is 8.11. The highest BCUT2D eigenvalue weighted by Gasteiger charge is 2.36. The summed E-state index contributed by atoms with van der Waals surface area (Å²) in [5.41, 5.74) is 1.40. The molecule has 1 aromatic carbocycles. The molecule has 1 unspecified atom stereocenters. The molecule has 76 valence electrons. The van der Waals surface area contributed by atoms with Gasteiger partial charge in [-0.1, -0.05) is 36.2 Å². The van der Waals surface area contributed by atoms with Gasteiger partial charge in [0.15, 0.2) is 0 Å². The van der Waals surface area contributed by atoms with E-state index < -0.39 is 0 Å². The fourth-order valence-corrected chi connectivity index (χ4v) is 2.27. The molecule has 0 amide bonds. The van der Waals surface area contributed by atoms with Crippen LogP contribution in [0.3, 0.4) is 0 Å². The van der Waals surface area contributed by atoms with E-state index in [9.17, 15) is 0 Å². The third-order valence-corrected chi connectivity index (χ3v) is 3.83. The van der Waals surface area contributed by atoms with Crippen LogP contribution >= 0.6 is 23.2 Å². The maximum absolute atomic E-state index is 6.00. The SMILES string of the molecule is CCC1(c2ccc(Cl)c(Cl)c2)CCN1. The first kappa shape index (κ1) is 10.3. The summed E-state index contributed by atoms with van der Waals surface area (Å²) in [5, 5.41) is 4.74. The molecule has 14 heavy (non-hydrogen) atoms. The molecule has 2 rings (SSSR count). The first-order valence-corrected chi connectivity index (χ1v) is 5.64. The largest absolute Gasteiger partial charge is 0.307 e. The molecule has 3 heteroatoms. The Bertz CT molecular complexity index is 340. The van der Waals surface area contributed by atoms with E-state index in [2.05, 4.69) is 18.3 Å². The summed E-state index contributed by atoms with van der Waals surface area (Å²) in [6.45, 7) is 3.28. The van der Waals surface area contributed by atoms with Gasteiger partial charge in [-0.2, -0.15) is 0 Å². The zero-order chi connectivity index (χ0) is 10.2. The number of hydrogen-bond acceptors (Lipinski definition) is 1. The van der Waals surface area contributed by atoms with E-state index in [0.717, 1.165) is 13.0 Å². The van der Waals surface area contributed by atoms with Crippen LogP contribution < -0.4 is 5.32 Å².